The van der Waals surface area contributed by atoms with Crippen molar-refractivity contribution in [2.75, 3.05) is 12.4 Å². The van der Waals surface area contributed by atoms with Crippen LogP contribution in [-0.4, -0.2) is 23.9 Å². The number of hydrogen-bond acceptors (Lipinski definition) is 3. The number of rotatable bonds is 5. The lowest BCUT2D eigenvalue weighted by molar-refractivity contribution is -0.116. The van der Waals surface area contributed by atoms with Gasteiger partial charge in [0, 0.05) is 22.2 Å². The second-order valence-corrected chi connectivity index (χ2v) is 5.97. The van der Waals surface area contributed by atoms with Gasteiger partial charge >= 0.3 is 0 Å². The molecule has 5 nitrogen and oxygen atoms in total. The third kappa shape index (κ3) is 3.13. The van der Waals surface area contributed by atoms with E-state index in [-0.39, 0.29) is 12.5 Å². The average molecular weight is 336 g/mol. The lowest BCUT2D eigenvalue weighted by atomic mass is 10.1. The number of benzene rings is 2. The number of aryl methyl sites for hydroxylation is 1. The van der Waals surface area contributed by atoms with Crippen molar-refractivity contribution in [1.82, 2.24) is 4.57 Å². The summed E-state index contributed by atoms with van der Waals surface area (Å²) < 4.78 is 7.16. The van der Waals surface area contributed by atoms with Crippen LogP contribution in [0.2, 0.25) is 0 Å². The lowest BCUT2D eigenvalue weighted by Crippen LogP contribution is -2.20. The Kier molecular flexibility index (Phi) is 4.57. The van der Waals surface area contributed by atoms with Gasteiger partial charge in [0.15, 0.2) is 6.29 Å². The summed E-state index contributed by atoms with van der Waals surface area (Å²) in [4.78, 5) is 24.0. The van der Waals surface area contributed by atoms with Crippen LogP contribution >= 0.6 is 0 Å². The second kappa shape index (κ2) is 6.81. The van der Waals surface area contributed by atoms with E-state index in [1.165, 1.54) is 0 Å². The van der Waals surface area contributed by atoms with Gasteiger partial charge in [0.1, 0.15) is 12.3 Å². The number of amides is 1. The molecule has 0 aliphatic heterocycles. The highest BCUT2D eigenvalue weighted by atomic mass is 16.5. The second-order valence-electron chi connectivity index (χ2n) is 5.97. The van der Waals surface area contributed by atoms with Crippen LogP contribution in [0, 0.1) is 13.8 Å². The van der Waals surface area contributed by atoms with Crippen LogP contribution in [-0.2, 0) is 11.3 Å². The maximum absolute atomic E-state index is 12.6. The summed E-state index contributed by atoms with van der Waals surface area (Å²) in [6, 6.07) is 13.2. The number of carbonyl (C=O) groups excluding carboxylic acids is 2. The number of anilines is 1. The molecular weight excluding hydrogens is 316 g/mol. The first-order valence-corrected chi connectivity index (χ1v) is 8.02. The van der Waals surface area contributed by atoms with Gasteiger partial charge in [-0.15, -0.1) is 0 Å². The lowest BCUT2D eigenvalue weighted by Gasteiger charge is -2.13. The first kappa shape index (κ1) is 16.8. The number of fused-ring (bicyclic) bond motifs is 1. The minimum absolute atomic E-state index is 0.122. The SMILES string of the molecule is COc1ccc(C)cc1NC(=O)Cn1c(C)c(C=O)c2ccccc21. The molecule has 5 heteroatoms. The molecule has 3 rings (SSSR count). The third-order valence-electron chi connectivity index (χ3n) is 4.33. The Hall–Kier alpha value is -3.08. The monoisotopic (exact) mass is 336 g/mol. The van der Waals surface area contributed by atoms with Crippen LogP contribution in [0.25, 0.3) is 10.9 Å². The van der Waals surface area contributed by atoms with Crippen molar-refractivity contribution >= 4 is 28.8 Å². The fourth-order valence-corrected chi connectivity index (χ4v) is 3.06. The summed E-state index contributed by atoms with van der Waals surface area (Å²) in [6.45, 7) is 3.93. The molecule has 1 aromatic heterocycles. The molecule has 0 atom stereocenters. The van der Waals surface area contributed by atoms with E-state index in [9.17, 15) is 9.59 Å². The summed E-state index contributed by atoms with van der Waals surface area (Å²) in [5.41, 5.74) is 3.94. The van der Waals surface area contributed by atoms with Crippen molar-refractivity contribution in [3.8, 4) is 5.75 Å². The molecule has 0 aliphatic rings. The number of ether oxygens (including phenoxy) is 1. The molecule has 0 bridgehead atoms. The van der Waals surface area contributed by atoms with Gasteiger partial charge < -0.3 is 14.6 Å². The molecule has 0 radical (unpaired) electrons. The van der Waals surface area contributed by atoms with Gasteiger partial charge in [-0.1, -0.05) is 24.3 Å². The number of nitrogens with zero attached hydrogens (tertiary/aromatic N) is 1. The largest absolute Gasteiger partial charge is 0.495 e. The number of hydrogen-bond donors (Lipinski definition) is 1. The van der Waals surface area contributed by atoms with Gasteiger partial charge in [-0.2, -0.15) is 0 Å². The van der Waals surface area contributed by atoms with Crippen molar-refractivity contribution in [1.29, 1.82) is 0 Å². The quantitative estimate of drug-likeness (QED) is 0.723. The maximum Gasteiger partial charge on any atom is 0.244 e. The number of nitrogens with one attached hydrogen (secondary N) is 1. The van der Waals surface area contributed by atoms with Crippen molar-refractivity contribution in [3.63, 3.8) is 0 Å². The first-order valence-electron chi connectivity index (χ1n) is 8.02. The standard InChI is InChI=1S/C20H20N2O3/c1-13-8-9-19(25-3)17(10-13)21-20(24)11-22-14(2)16(12-23)15-6-4-5-7-18(15)22/h4-10,12H,11H2,1-3H3,(H,21,24). The van der Waals surface area contributed by atoms with Gasteiger partial charge in [0.25, 0.3) is 0 Å². The Labute approximate surface area is 146 Å². The van der Waals surface area contributed by atoms with Gasteiger partial charge in [-0.25, -0.2) is 0 Å². The minimum Gasteiger partial charge on any atom is -0.495 e. The molecule has 1 amide bonds. The number of aldehydes is 1. The normalized spacial score (nSPS) is 10.7. The zero-order valence-corrected chi connectivity index (χ0v) is 14.5. The molecule has 2 aromatic carbocycles. The topological polar surface area (TPSA) is 60.3 Å². The van der Waals surface area contributed by atoms with Gasteiger partial charge in [-0.3, -0.25) is 9.59 Å². The van der Waals surface area contributed by atoms with Crippen molar-refractivity contribution in [2.24, 2.45) is 0 Å². The number of carbonyl (C=O) groups is 2. The predicted molar refractivity (Wildman–Crippen MR) is 98.4 cm³/mol. The van der Waals surface area contributed by atoms with Crippen molar-refractivity contribution < 1.29 is 14.3 Å². The summed E-state index contributed by atoms with van der Waals surface area (Å²) in [7, 11) is 1.57. The van der Waals surface area contributed by atoms with E-state index in [4.69, 9.17) is 4.74 Å². The molecule has 128 valence electrons. The fourth-order valence-electron chi connectivity index (χ4n) is 3.06. The summed E-state index contributed by atoms with van der Waals surface area (Å²) in [5, 5.41) is 3.75. The van der Waals surface area contributed by atoms with E-state index >= 15 is 0 Å². The van der Waals surface area contributed by atoms with Gasteiger partial charge in [0.2, 0.25) is 5.91 Å². The van der Waals surface area contributed by atoms with Crippen molar-refractivity contribution in [2.45, 2.75) is 20.4 Å². The zero-order chi connectivity index (χ0) is 18.0. The first-order chi connectivity index (χ1) is 12.0. The Bertz CT molecular complexity index is 957. The van der Waals surface area contributed by atoms with E-state index in [0.717, 1.165) is 28.4 Å². The molecule has 25 heavy (non-hydrogen) atoms. The van der Waals surface area contributed by atoms with E-state index in [1.54, 1.807) is 7.11 Å². The molecule has 0 spiro atoms. The maximum atomic E-state index is 12.6. The van der Waals surface area contributed by atoms with Crippen LogP contribution in [0.4, 0.5) is 5.69 Å². The highest BCUT2D eigenvalue weighted by molar-refractivity contribution is 6.00. The highest BCUT2D eigenvalue weighted by Crippen LogP contribution is 2.27. The van der Waals surface area contributed by atoms with Crippen LogP contribution in [0.1, 0.15) is 21.6 Å². The smallest absolute Gasteiger partial charge is 0.244 e. The molecule has 0 unspecified atom stereocenters. The molecule has 1 heterocycles. The number of methoxy groups -OCH3 is 1. The van der Waals surface area contributed by atoms with Crippen LogP contribution < -0.4 is 10.1 Å². The van der Waals surface area contributed by atoms with Crippen LogP contribution in [0.15, 0.2) is 42.5 Å². The van der Waals surface area contributed by atoms with E-state index in [0.29, 0.717) is 17.0 Å². The van der Waals surface area contributed by atoms with Crippen LogP contribution in [0.3, 0.4) is 0 Å². The Balaban J connectivity index is 1.92. The minimum atomic E-state index is -0.176. The summed E-state index contributed by atoms with van der Waals surface area (Å²) in [5.74, 6) is 0.437. The van der Waals surface area contributed by atoms with E-state index in [1.807, 2.05) is 60.9 Å². The van der Waals surface area contributed by atoms with Gasteiger partial charge in [0.05, 0.1) is 12.8 Å². The zero-order valence-electron chi connectivity index (χ0n) is 14.5. The Morgan fingerprint density at radius 2 is 1.96 bits per heavy atom. The Morgan fingerprint density at radius 1 is 1.20 bits per heavy atom. The summed E-state index contributed by atoms with van der Waals surface area (Å²) in [6.07, 6.45) is 0.843. The molecule has 0 saturated heterocycles. The predicted octanol–water partition coefficient (Wildman–Crippen LogP) is 3.72. The molecule has 0 saturated carbocycles. The van der Waals surface area contributed by atoms with Crippen molar-refractivity contribution in [3.05, 3.63) is 59.3 Å². The van der Waals surface area contributed by atoms with E-state index < -0.39 is 0 Å². The van der Waals surface area contributed by atoms with Crippen LogP contribution in [0.5, 0.6) is 5.75 Å². The summed E-state index contributed by atoms with van der Waals surface area (Å²) >= 11 is 0. The number of aromatic nitrogens is 1. The number of para-hydroxylation sites is 1. The average Bonchev–Trinajstić information content (AvgIpc) is 2.86. The third-order valence-corrected chi connectivity index (χ3v) is 4.33. The molecule has 0 fully saturated rings. The molecule has 0 aliphatic carbocycles. The highest BCUT2D eigenvalue weighted by Gasteiger charge is 2.16. The fraction of sp³-hybridized carbons (Fsp3) is 0.200. The molecular formula is C20H20N2O3. The van der Waals surface area contributed by atoms with Gasteiger partial charge in [-0.05, 0) is 37.6 Å². The Morgan fingerprint density at radius 3 is 2.68 bits per heavy atom. The van der Waals surface area contributed by atoms with E-state index in [2.05, 4.69) is 5.32 Å². The molecule has 3 aromatic rings. The molecule has 1 N–H and O–H groups in total.